The van der Waals surface area contributed by atoms with Crippen LogP contribution in [0.2, 0.25) is 0 Å². The quantitative estimate of drug-likeness (QED) is 0.624. The first-order valence-electron chi connectivity index (χ1n) is 7.02. The molecule has 5 heteroatoms. The molecule has 1 atom stereocenters. The van der Waals surface area contributed by atoms with E-state index in [2.05, 4.69) is 5.48 Å². The lowest BCUT2D eigenvalue weighted by atomic mass is 9.96. The molecule has 1 N–H and O–H groups in total. The summed E-state index contributed by atoms with van der Waals surface area (Å²) in [6.45, 7) is 14.7. The van der Waals surface area contributed by atoms with E-state index in [-0.39, 0.29) is 11.8 Å². The van der Waals surface area contributed by atoms with Crippen molar-refractivity contribution in [2.24, 2.45) is 11.3 Å². The van der Waals surface area contributed by atoms with Gasteiger partial charge < -0.3 is 4.74 Å². The molecule has 0 fully saturated rings. The Hall–Kier alpha value is -1.10. The van der Waals surface area contributed by atoms with Crippen LogP contribution in [-0.4, -0.2) is 23.6 Å². The molecule has 0 heterocycles. The average molecular weight is 287 g/mol. The minimum absolute atomic E-state index is 0.249. The third-order valence-electron chi connectivity index (χ3n) is 2.33. The number of hydroxylamine groups is 1. The number of hydrogen-bond acceptors (Lipinski definition) is 4. The summed E-state index contributed by atoms with van der Waals surface area (Å²) < 4.78 is 5.30. The third kappa shape index (κ3) is 8.15. The lowest BCUT2D eigenvalue weighted by Gasteiger charge is -2.26. The number of rotatable bonds is 5. The predicted molar refractivity (Wildman–Crippen MR) is 77.8 cm³/mol. The molecule has 0 radical (unpaired) electrons. The second-order valence-corrected chi connectivity index (χ2v) is 7.45. The Morgan fingerprint density at radius 2 is 1.55 bits per heavy atom. The molecular formula is C15H29NO4. The van der Waals surface area contributed by atoms with E-state index in [0.29, 0.717) is 6.42 Å². The number of esters is 1. The smallest absolute Gasteiger partial charge is 0.338 e. The number of ether oxygens (including phenoxy) is 1. The van der Waals surface area contributed by atoms with Crippen molar-refractivity contribution in [2.75, 3.05) is 0 Å². The average Bonchev–Trinajstić information content (AvgIpc) is 2.18. The highest BCUT2D eigenvalue weighted by Crippen LogP contribution is 2.16. The van der Waals surface area contributed by atoms with Gasteiger partial charge in [0.1, 0.15) is 5.60 Å². The summed E-state index contributed by atoms with van der Waals surface area (Å²) in [5.74, 6) is -0.478. The van der Waals surface area contributed by atoms with Gasteiger partial charge in [0.15, 0.2) is 6.10 Å². The Bertz CT molecular complexity index is 337. The van der Waals surface area contributed by atoms with Crippen LogP contribution in [0.15, 0.2) is 0 Å². The molecule has 0 saturated carbocycles. The minimum atomic E-state index is -0.791. The van der Waals surface area contributed by atoms with Crippen molar-refractivity contribution in [3.05, 3.63) is 0 Å². The fourth-order valence-corrected chi connectivity index (χ4v) is 1.27. The Morgan fingerprint density at radius 3 is 1.90 bits per heavy atom. The highest BCUT2D eigenvalue weighted by atomic mass is 16.7. The van der Waals surface area contributed by atoms with Crippen molar-refractivity contribution in [1.82, 2.24) is 5.48 Å². The monoisotopic (exact) mass is 287 g/mol. The van der Waals surface area contributed by atoms with Gasteiger partial charge >= 0.3 is 5.97 Å². The van der Waals surface area contributed by atoms with E-state index in [1.807, 2.05) is 13.8 Å². The van der Waals surface area contributed by atoms with Crippen LogP contribution in [0.1, 0.15) is 61.8 Å². The molecule has 20 heavy (non-hydrogen) atoms. The predicted octanol–water partition coefficient (Wildman–Crippen LogP) is 2.84. The van der Waals surface area contributed by atoms with Gasteiger partial charge in [0.25, 0.3) is 0 Å². The summed E-state index contributed by atoms with van der Waals surface area (Å²) in [7, 11) is 0. The molecule has 118 valence electrons. The first-order chi connectivity index (χ1) is 8.83. The van der Waals surface area contributed by atoms with Gasteiger partial charge in [-0.05, 0) is 33.1 Å². The third-order valence-corrected chi connectivity index (χ3v) is 2.33. The SMILES string of the molecule is CC(C)C[C@@H](ONC(=O)C(C)(C)C)C(=O)OC(C)(C)C. The van der Waals surface area contributed by atoms with Gasteiger partial charge in [-0.3, -0.25) is 9.63 Å². The molecule has 0 rings (SSSR count). The van der Waals surface area contributed by atoms with E-state index in [1.54, 1.807) is 41.5 Å². The second-order valence-electron chi connectivity index (χ2n) is 7.45. The van der Waals surface area contributed by atoms with Crippen molar-refractivity contribution in [3.8, 4) is 0 Å². The summed E-state index contributed by atoms with van der Waals surface area (Å²) in [6.07, 6.45) is -0.306. The highest BCUT2D eigenvalue weighted by Gasteiger charge is 2.29. The minimum Gasteiger partial charge on any atom is -0.458 e. The van der Waals surface area contributed by atoms with Gasteiger partial charge in [-0.1, -0.05) is 34.6 Å². The lowest BCUT2D eigenvalue weighted by Crippen LogP contribution is -2.42. The van der Waals surface area contributed by atoms with Gasteiger partial charge in [-0.25, -0.2) is 10.3 Å². The molecule has 0 aliphatic carbocycles. The van der Waals surface area contributed by atoms with Crippen molar-refractivity contribution in [2.45, 2.75) is 73.5 Å². The van der Waals surface area contributed by atoms with E-state index >= 15 is 0 Å². The largest absolute Gasteiger partial charge is 0.458 e. The molecule has 0 saturated heterocycles. The van der Waals surface area contributed by atoms with Crippen LogP contribution >= 0.6 is 0 Å². The van der Waals surface area contributed by atoms with Gasteiger partial charge in [-0.2, -0.15) is 0 Å². The number of hydrogen-bond donors (Lipinski definition) is 1. The molecule has 1 amide bonds. The van der Waals surface area contributed by atoms with Crippen LogP contribution in [-0.2, 0) is 19.2 Å². The molecule has 0 aromatic carbocycles. The van der Waals surface area contributed by atoms with Crippen LogP contribution in [0.5, 0.6) is 0 Å². The van der Waals surface area contributed by atoms with Crippen molar-refractivity contribution >= 4 is 11.9 Å². The molecule has 0 aromatic heterocycles. The number of amides is 1. The van der Waals surface area contributed by atoms with Crippen molar-refractivity contribution < 1.29 is 19.2 Å². The molecule has 0 bridgehead atoms. The standard InChI is InChI=1S/C15H29NO4/c1-10(2)9-11(12(17)19-15(6,7)8)20-16-13(18)14(3,4)5/h10-11H,9H2,1-8H3,(H,16,18)/t11-/m1/s1. The number of carbonyl (C=O) groups is 2. The first-order valence-corrected chi connectivity index (χ1v) is 7.02. The van der Waals surface area contributed by atoms with Gasteiger partial charge in [0, 0.05) is 5.41 Å². The molecule has 0 unspecified atom stereocenters. The van der Waals surface area contributed by atoms with E-state index in [4.69, 9.17) is 9.57 Å². The molecular weight excluding hydrogens is 258 g/mol. The van der Waals surface area contributed by atoms with E-state index < -0.39 is 23.1 Å². The molecule has 0 aliphatic rings. The first kappa shape index (κ1) is 18.9. The Balaban J connectivity index is 4.66. The maximum absolute atomic E-state index is 12.1. The Morgan fingerprint density at radius 1 is 1.05 bits per heavy atom. The maximum atomic E-state index is 12.1. The van der Waals surface area contributed by atoms with E-state index in [9.17, 15) is 9.59 Å². The maximum Gasteiger partial charge on any atom is 0.338 e. The summed E-state index contributed by atoms with van der Waals surface area (Å²) in [4.78, 5) is 29.1. The number of nitrogens with one attached hydrogen (secondary N) is 1. The van der Waals surface area contributed by atoms with Crippen LogP contribution in [0.4, 0.5) is 0 Å². The zero-order chi connectivity index (χ0) is 16.1. The molecule has 0 spiro atoms. The van der Waals surface area contributed by atoms with Crippen LogP contribution < -0.4 is 5.48 Å². The fourth-order valence-electron chi connectivity index (χ4n) is 1.27. The van der Waals surface area contributed by atoms with Crippen LogP contribution in [0, 0.1) is 11.3 Å². The highest BCUT2D eigenvalue weighted by molar-refractivity contribution is 5.81. The second kappa shape index (κ2) is 7.07. The molecule has 0 aromatic rings. The van der Waals surface area contributed by atoms with Gasteiger partial charge in [0.2, 0.25) is 5.91 Å². The van der Waals surface area contributed by atoms with E-state index in [0.717, 1.165) is 0 Å². The van der Waals surface area contributed by atoms with Gasteiger partial charge in [-0.15, -0.1) is 0 Å². The normalized spacial score (nSPS) is 14.1. The zero-order valence-electron chi connectivity index (χ0n) is 14.0. The van der Waals surface area contributed by atoms with Crippen LogP contribution in [0.25, 0.3) is 0 Å². The Labute approximate surface area is 122 Å². The van der Waals surface area contributed by atoms with Crippen molar-refractivity contribution in [3.63, 3.8) is 0 Å². The fraction of sp³-hybridized carbons (Fsp3) is 0.867. The molecule has 5 nitrogen and oxygen atoms in total. The van der Waals surface area contributed by atoms with Crippen LogP contribution in [0.3, 0.4) is 0 Å². The summed E-state index contributed by atoms with van der Waals surface area (Å²) in [6, 6.07) is 0. The van der Waals surface area contributed by atoms with E-state index in [1.165, 1.54) is 0 Å². The van der Waals surface area contributed by atoms with Crippen molar-refractivity contribution in [1.29, 1.82) is 0 Å². The summed E-state index contributed by atoms with van der Waals surface area (Å²) >= 11 is 0. The topological polar surface area (TPSA) is 64.6 Å². The van der Waals surface area contributed by atoms with Gasteiger partial charge in [0.05, 0.1) is 0 Å². The zero-order valence-corrected chi connectivity index (χ0v) is 14.0. The number of carbonyl (C=O) groups excluding carboxylic acids is 2. The summed E-state index contributed by atoms with van der Waals surface area (Å²) in [5, 5.41) is 0. The lowest BCUT2D eigenvalue weighted by molar-refractivity contribution is -0.178. The molecule has 0 aliphatic heterocycles. The summed E-state index contributed by atoms with van der Waals surface area (Å²) in [5.41, 5.74) is 1.20. The Kier molecular flexibility index (Phi) is 6.68.